The van der Waals surface area contributed by atoms with Crippen molar-refractivity contribution in [3.05, 3.63) is 87.1 Å². The normalized spacial score (nSPS) is 13.3. The van der Waals surface area contributed by atoms with Gasteiger partial charge in [-0.25, -0.2) is 4.98 Å². The Kier molecular flexibility index (Phi) is 7.70. The Morgan fingerprint density at radius 3 is 2.68 bits per heavy atom. The fraction of sp³-hybridized carbons (Fsp3) is 0.346. The molecule has 0 saturated heterocycles. The van der Waals surface area contributed by atoms with Crippen LogP contribution in [0.3, 0.4) is 0 Å². The van der Waals surface area contributed by atoms with E-state index in [0.717, 1.165) is 11.1 Å². The monoisotopic (exact) mass is 540 g/mol. The lowest BCUT2D eigenvalue weighted by molar-refractivity contribution is 0.00539. The molecule has 2 N–H and O–H groups in total. The van der Waals surface area contributed by atoms with Gasteiger partial charge in [-0.15, -0.1) is 0 Å². The Bertz CT molecular complexity index is 1490. The molecule has 0 spiro atoms. The van der Waals surface area contributed by atoms with Crippen molar-refractivity contribution in [1.82, 2.24) is 24.5 Å². The number of ether oxygens (including phenoxy) is 1. The molecular formula is C26H29ClN6O5. The van der Waals surface area contributed by atoms with E-state index in [4.69, 9.17) is 20.9 Å². The fourth-order valence-corrected chi connectivity index (χ4v) is 4.58. The summed E-state index contributed by atoms with van der Waals surface area (Å²) in [4.78, 5) is 30.3. The van der Waals surface area contributed by atoms with Gasteiger partial charge in [-0.05, 0) is 31.0 Å². The Balaban J connectivity index is 1.80. The van der Waals surface area contributed by atoms with Gasteiger partial charge >= 0.3 is 0 Å². The molecule has 0 unspecified atom stereocenters. The third-order valence-corrected chi connectivity index (χ3v) is 6.81. The molecular weight excluding hydrogens is 512 g/mol. The zero-order valence-corrected chi connectivity index (χ0v) is 22.4. The Morgan fingerprint density at radius 1 is 1.29 bits per heavy atom. The summed E-state index contributed by atoms with van der Waals surface area (Å²) >= 11 is 6.64. The number of carbonyl (C=O) groups excluding carboxylic acids is 1. The number of anilines is 1. The van der Waals surface area contributed by atoms with E-state index in [-0.39, 0.29) is 17.4 Å². The summed E-state index contributed by atoms with van der Waals surface area (Å²) in [7, 11) is 3.14. The topological polar surface area (TPSA) is 137 Å². The van der Waals surface area contributed by atoms with Gasteiger partial charge in [-0.2, -0.15) is 5.10 Å². The molecule has 0 aliphatic heterocycles. The molecule has 3 aromatic heterocycles. The van der Waals surface area contributed by atoms with Crippen LogP contribution >= 0.6 is 11.6 Å². The lowest BCUT2D eigenvalue weighted by Gasteiger charge is -2.26. The largest absolute Gasteiger partial charge is 0.501 e. The van der Waals surface area contributed by atoms with Crippen molar-refractivity contribution in [1.29, 1.82) is 0 Å². The van der Waals surface area contributed by atoms with Crippen molar-refractivity contribution in [3.8, 4) is 5.75 Å². The van der Waals surface area contributed by atoms with Gasteiger partial charge < -0.3 is 19.7 Å². The maximum absolute atomic E-state index is 13.0. The maximum atomic E-state index is 13.0. The van der Waals surface area contributed by atoms with Crippen molar-refractivity contribution < 1.29 is 19.2 Å². The van der Waals surface area contributed by atoms with Gasteiger partial charge in [0, 0.05) is 37.2 Å². The quantitative estimate of drug-likeness (QED) is 0.325. The molecule has 1 aromatic carbocycles. The fourth-order valence-electron chi connectivity index (χ4n) is 4.32. The minimum absolute atomic E-state index is 0.256. The number of hydrogen-bond donors (Lipinski definition) is 2. The first-order valence-electron chi connectivity index (χ1n) is 11.8. The highest BCUT2D eigenvalue weighted by atomic mass is 35.5. The zero-order valence-electron chi connectivity index (χ0n) is 21.7. The molecule has 0 bridgehead atoms. The second-order valence-corrected chi connectivity index (χ2v) is 10.0. The summed E-state index contributed by atoms with van der Waals surface area (Å²) in [6, 6.07) is 7.40. The van der Waals surface area contributed by atoms with E-state index < -0.39 is 34.4 Å². The first-order chi connectivity index (χ1) is 18.0. The Labute approximate surface area is 224 Å². The van der Waals surface area contributed by atoms with E-state index in [1.165, 1.54) is 24.1 Å². The molecule has 12 heteroatoms. The van der Waals surface area contributed by atoms with Gasteiger partial charge in [0.25, 0.3) is 11.5 Å². The van der Waals surface area contributed by atoms with Gasteiger partial charge in [-0.1, -0.05) is 41.9 Å². The van der Waals surface area contributed by atoms with Crippen LogP contribution in [-0.4, -0.2) is 48.2 Å². The number of carbonyl (C=O) groups is 1. The average molecular weight is 541 g/mol. The number of nitrogens with zero attached hydrogens (tertiary/aromatic N) is 5. The van der Waals surface area contributed by atoms with Crippen LogP contribution in [0.25, 0.3) is 0 Å². The molecule has 3 heterocycles. The predicted molar refractivity (Wildman–Crippen MR) is 141 cm³/mol. The van der Waals surface area contributed by atoms with Crippen LogP contribution in [0.2, 0.25) is 5.02 Å². The number of nitrogens with one attached hydrogen (secondary N) is 1. The summed E-state index contributed by atoms with van der Waals surface area (Å²) < 4.78 is 13.3. The van der Waals surface area contributed by atoms with E-state index >= 15 is 0 Å². The van der Waals surface area contributed by atoms with Crippen molar-refractivity contribution in [2.24, 2.45) is 7.05 Å². The molecule has 4 rings (SSSR count). The average Bonchev–Trinajstić information content (AvgIpc) is 3.56. The summed E-state index contributed by atoms with van der Waals surface area (Å²) in [6.07, 6.45) is 6.16. The first-order valence-corrected chi connectivity index (χ1v) is 12.2. The van der Waals surface area contributed by atoms with Crippen LogP contribution in [-0.2, 0) is 18.3 Å². The van der Waals surface area contributed by atoms with Gasteiger partial charge in [0.15, 0.2) is 5.69 Å². The summed E-state index contributed by atoms with van der Waals surface area (Å²) in [5.41, 5.74) is 0.274. The lowest BCUT2D eigenvalue weighted by atomic mass is 9.82. The van der Waals surface area contributed by atoms with Crippen molar-refractivity contribution in [2.45, 2.75) is 44.8 Å². The Hall–Kier alpha value is -3.96. The van der Waals surface area contributed by atoms with Gasteiger partial charge in [0.2, 0.25) is 5.75 Å². The van der Waals surface area contributed by atoms with Gasteiger partial charge in [0.05, 0.1) is 24.5 Å². The molecule has 11 nitrogen and oxygen atoms in total. The van der Waals surface area contributed by atoms with Crippen LogP contribution in [0.15, 0.2) is 58.4 Å². The number of aromatic nitrogens is 5. The number of hydrogen-bond acceptors (Lipinski definition) is 8. The molecule has 0 saturated carbocycles. The number of rotatable bonds is 9. The van der Waals surface area contributed by atoms with E-state index in [0.29, 0.717) is 11.6 Å². The molecule has 0 fully saturated rings. The second-order valence-electron chi connectivity index (χ2n) is 9.62. The minimum Gasteiger partial charge on any atom is -0.501 e. The number of aromatic hydroxyl groups is 1. The van der Waals surface area contributed by atoms with E-state index in [1.807, 2.05) is 45.2 Å². The first kappa shape index (κ1) is 27.1. The van der Waals surface area contributed by atoms with Crippen LogP contribution in [0, 0.1) is 0 Å². The van der Waals surface area contributed by atoms with E-state index in [1.54, 1.807) is 24.1 Å². The standard InChI is InChI=1S/C26H29ClN6O5/c1-15(23-31-21(22(34)25(36)32(23)4)24(35)30-17-11-29-38-13-17)20(18-8-6-7-9-19(18)27)16-10-28-33(12-16)14-26(2,3)37-5/h6-13,15,20,34H,14H2,1-5H3,(H,30,35)/t15-,20-/m0/s1. The van der Waals surface area contributed by atoms with Crippen LogP contribution in [0.4, 0.5) is 5.69 Å². The van der Waals surface area contributed by atoms with E-state index in [9.17, 15) is 14.7 Å². The molecule has 4 aromatic rings. The highest BCUT2D eigenvalue weighted by Gasteiger charge is 2.31. The second kappa shape index (κ2) is 10.8. The number of methoxy groups -OCH3 is 1. The Morgan fingerprint density at radius 2 is 2.03 bits per heavy atom. The maximum Gasteiger partial charge on any atom is 0.296 e. The van der Waals surface area contributed by atoms with Crippen LogP contribution < -0.4 is 10.9 Å². The third kappa shape index (κ3) is 5.48. The number of halogens is 1. The molecule has 1 amide bonds. The molecule has 200 valence electrons. The highest BCUT2D eigenvalue weighted by Crippen LogP contribution is 2.40. The molecule has 38 heavy (non-hydrogen) atoms. The highest BCUT2D eigenvalue weighted by molar-refractivity contribution is 6.31. The zero-order chi connectivity index (χ0) is 27.6. The lowest BCUT2D eigenvalue weighted by Crippen LogP contribution is -2.29. The molecule has 0 aliphatic rings. The van der Waals surface area contributed by atoms with Crippen molar-refractivity contribution in [3.63, 3.8) is 0 Å². The van der Waals surface area contributed by atoms with E-state index in [2.05, 4.69) is 20.6 Å². The van der Waals surface area contributed by atoms with Crippen molar-refractivity contribution in [2.75, 3.05) is 12.4 Å². The summed E-state index contributed by atoms with van der Waals surface area (Å²) in [5, 5.41) is 21.6. The summed E-state index contributed by atoms with van der Waals surface area (Å²) in [5.74, 6) is -2.12. The van der Waals surface area contributed by atoms with Crippen molar-refractivity contribution >= 4 is 23.2 Å². The summed E-state index contributed by atoms with van der Waals surface area (Å²) in [6.45, 7) is 6.32. The number of amides is 1. The minimum atomic E-state index is -0.777. The smallest absolute Gasteiger partial charge is 0.296 e. The van der Waals surface area contributed by atoms with Gasteiger partial charge in [0.1, 0.15) is 17.8 Å². The molecule has 0 aliphatic carbocycles. The predicted octanol–water partition coefficient (Wildman–Crippen LogP) is 3.94. The SMILES string of the molecule is COC(C)(C)Cn1cc([C@@H](c2ccccc2Cl)[C@H](C)c2nc(C(=O)Nc3cnoc3)c(O)c(=O)n2C)cn1. The van der Waals surface area contributed by atoms with Gasteiger partial charge in [-0.3, -0.25) is 18.8 Å². The number of benzene rings is 1. The van der Waals surface area contributed by atoms with Crippen LogP contribution in [0.1, 0.15) is 60.0 Å². The molecule has 2 atom stereocenters. The molecule has 0 radical (unpaired) electrons. The van der Waals surface area contributed by atoms with Crippen LogP contribution in [0.5, 0.6) is 5.75 Å². The third-order valence-electron chi connectivity index (χ3n) is 6.46.